The van der Waals surface area contributed by atoms with Crippen molar-refractivity contribution >= 4 is 5.91 Å². The summed E-state index contributed by atoms with van der Waals surface area (Å²) in [4.78, 5) is 14.8. The van der Waals surface area contributed by atoms with Crippen molar-refractivity contribution in [2.45, 2.75) is 50.4 Å². The highest BCUT2D eigenvalue weighted by Crippen LogP contribution is 2.35. The quantitative estimate of drug-likeness (QED) is 0.743. The van der Waals surface area contributed by atoms with Crippen LogP contribution < -0.4 is 5.73 Å². The van der Waals surface area contributed by atoms with Crippen LogP contribution in [-0.4, -0.2) is 47.8 Å². The molecule has 1 amide bonds. The zero-order chi connectivity index (χ0) is 15.0. The monoisotopic (exact) mass is 292 g/mol. The molecule has 0 aromatic carbocycles. The molecule has 1 aliphatic heterocycles. The molecule has 3 rings (SSSR count). The second-order valence-electron chi connectivity index (χ2n) is 6.28. The molecule has 0 radical (unpaired) electrons. The van der Waals surface area contributed by atoms with E-state index < -0.39 is 6.10 Å². The minimum atomic E-state index is -0.615. The van der Waals surface area contributed by atoms with Gasteiger partial charge in [0.15, 0.2) is 0 Å². The molecule has 0 aromatic heterocycles. The summed E-state index contributed by atoms with van der Waals surface area (Å²) in [6, 6.07) is 0.315. The third kappa shape index (κ3) is 2.60. The summed E-state index contributed by atoms with van der Waals surface area (Å²) in [7, 11) is 1.56. The van der Waals surface area contributed by atoms with Gasteiger partial charge in [0.1, 0.15) is 0 Å². The Hall–Kier alpha value is -1.33. The van der Waals surface area contributed by atoms with E-state index in [1.54, 1.807) is 7.11 Å². The first-order valence-electron chi connectivity index (χ1n) is 7.77. The molecule has 5 heteroatoms. The van der Waals surface area contributed by atoms with Crippen LogP contribution in [0.5, 0.6) is 0 Å². The third-order valence-electron chi connectivity index (χ3n) is 5.08. The number of nitrogens with zero attached hydrogens (tertiary/aromatic N) is 1. The van der Waals surface area contributed by atoms with Crippen LogP contribution in [0.25, 0.3) is 0 Å². The fourth-order valence-corrected chi connectivity index (χ4v) is 3.85. The van der Waals surface area contributed by atoms with Crippen molar-refractivity contribution in [2.75, 3.05) is 13.7 Å². The number of amides is 1. The molecule has 0 aromatic rings. The van der Waals surface area contributed by atoms with Crippen LogP contribution >= 0.6 is 0 Å². The first-order valence-corrected chi connectivity index (χ1v) is 7.77. The summed E-state index contributed by atoms with van der Waals surface area (Å²) in [5.74, 6) is 0.543. The average Bonchev–Trinajstić information content (AvgIpc) is 2.91. The number of rotatable bonds is 2. The predicted molar refractivity (Wildman–Crippen MR) is 79.2 cm³/mol. The average molecular weight is 292 g/mol. The summed E-state index contributed by atoms with van der Waals surface area (Å²) in [6.07, 6.45) is 7.37. The van der Waals surface area contributed by atoms with Gasteiger partial charge in [0, 0.05) is 43.8 Å². The molecular formula is C16H24N2O3. The molecule has 0 spiro atoms. The number of carbonyl (C=O) groups excluding carboxylic acids is 1. The van der Waals surface area contributed by atoms with Crippen LogP contribution in [0.2, 0.25) is 0 Å². The lowest BCUT2D eigenvalue weighted by Crippen LogP contribution is -2.43. The van der Waals surface area contributed by atoms with E-state index in [0.717, 1.165) is 25.8 Å². The molecule has 3 aliphatic rings. The highest BCUT2D eigenvalue weighted by molar-refractivity contribution is 5.95. The smallest absolute Gasteiger partial charge is 0.251 e. The van der Waals surface area contributed by atoms with Crippen molar-refractivity contribution < 1.29 is 14.6 Å². The Balaban J connectivity index is 1.78. The third-order valence-corrected chi connectivity index (χ3v) is 5.08. The zero-order valence-corrected chi connectivity index (χ0v) is 12.5. The van der Waals surface area contributed by atoms with E-state index in [4.69, 9.17) is 10.5 Å². The van der Waals surface area contributed by atoms with E-state index >= 15 is 0 Å². The summed E-state index contributed by atoms with van der Waals surface area (Å²) in [5.41, 5.74) is 7.19. The number of likely N-dealkylation sites (tertiary alicyclic amines) is 1. The van der Waals surface area contributed by atoms with E-state index in [2.05, 4.69) is 12.2 Å². The number of hydrogen-bond donors (Lipinski definition) is 2. The molecule has 1 heterocycles. The standard InChI is InChI=1S/C16H24N2O3/c1-21-15-8-11(12(17)9-14(15)19)16(20)18-7-6-10-4-2-3-5-13(10)18/h2,4,10,13-15,19H,3,5-9,17H2,1H3/t10?,13?,14-,15?/m0/s1. The van der Waals surface area contributed by atoms with Crippen LogP contribution in [0.4, 0.5) is 0 Å². The van der Waals surface area contributed by atoms with Crippen LogP contribution in [0.3, 0.4) is 0 Å². The first-order chi connectivity index (χ1) is 10.1. The molecular weight excluding hydrogens is 268 g/mol. The molecule has 3 N–H and O–H groups in total. The zero-order valence-electron chi connectivity index (χ0n) is 12.5. The van der Waals surface area contributed by atoms with Crippen molar-refractivity contribution in [3.8, 4) is 0 Å². The number of nitrogens with two attached hydrogens (primary N) is 1. The van der Waals surface area contributed by atoms with Gasteiger partial charge < -0.3 is 20.5 Å². The molecule has 116 valence electrons. The first kappa shape index (κ1) is 14.6. The van der Waals surface area contributed by atoms with Gasteiger partial charge >= 0.3 is 0 Å². The highest BCUT2D eigenvalue weighted by Gasteiger charge is 2.40. The van der Waals surface area contributed by atoms with Crippen molar-refractivity contribution in [2.24, 2.45) is 11.7 Å². The molecule has 21 heavy (non-hydrogen) atoms. The Kier molecular flexibility index (Phi) is 4.04. The number of carbonyl (C=O) groups is 1. The lowest BCUT2D eigenvalue weighted by molar-refractivity contribution is -0.129. The minimum Gasteiger partial charge on any atom is -0.402 e. The Bertz CT molecular complexity index is 486. The fourth-order valence-electron chi connectivity index (χ4n) is 3.85. The van der Waals surface area contributed by atoms with Crippen LogP contribution in [-0.2, 0) is 9.53 Å². The normalized spacial score (nSPS) is 36.0. The number of fused-ring (bicyclic) bond motifs is 1. The largest absolute Gasteiger partial charge is 0.402 e. The van der Waals surface area contributed by atoms with Crippen molar-refractivity contribution in [1.29, 1.82) is 0 Å². The van der Waals surface area contributed by atoms with Crippen LogP contribution in [0.1, 0.15) is 32.1 Å². The fraction of sp³-hybridized carbons (Fsp3) is 0.688. The Morgan fingerprint density at radius 3 is 3.00 bits per heavy atom. The summed E-state index contributed by atoms with van der Waals surface area (Å²) >= 11 is 0. The van der Waals surface area contributed by atoms with Gasteiger partial charge in [-0.1, -0.05) is 12.2 Å². The molecule has 3 unspecified atom stereocenters. The Morgan fingerprint density at radius 1 is 1.43 bits per heavy atom. The summed E-state index contributed by atoms with van der Waals surface area (Å²) in [6.45, 7) is 0.801. The van der Waals surface area contributed by atoms with E-state index in [1.165, 1.54) is 0 Å². The maximum Gasteiger partial charge on any atom is 0.251 e. The molecule has 1 saturated heterocycles. The number of hydrogen-bond acceptors (Lipinski definition) is 4. The number of ether oxygens (including phenoxy) is 1. The second kappa shape index (κ2) is 5.81. The highest BCUT2D eigenvalue weighted by atomic mass is 16.5. The van der Waals surface area contributed by atoms with Gasteiger partial charge in [-0.15, -0.1) is 0 Å². The van der Waals surface area contributed by atoms with Crippen molar-refractivity contribution in [3.05, 3.63) is 23.4 Å². The van der Waals surface area contributed by atoms with Gasteiger partial charge in [-0.05, 0) is 25.2 Å². The van der Waals surface area contributed by atoms with E-state index in [1.807, 2.05) is 4.90 Å². The maximum absolute atomic E-state index is 12.9. The maximum atomic E-state index is 12.9. The SMILES string of the molecule is COC1CC(C(=O)N2CCC3C=CCCC32)=C(N)C[C@@H]1O. The number of methoxy groups -OCH3 is 1. The van der Waals surface area contributed by atoms with E-state index in [-0.39, 0.29) is 12.0 Å². The van der Waals surface area contributed by atoms with Gasteiger partial charge in [-0.2, -0.15) is 0 Å². The molecule has 2 aliphatic carbocycles. The molecule has 5 nitrogen and oxygen atoms in total. The lowest BCUT2D eigenvalue weighted by Gasteiger charge is -2.33. The van der Waals surface area contributed by atoms with Gasteiger partial charge in [0.25, 0.3) is 5.91 Å². The number of allylic oxidation sites excluding steroid dienone is 1. The van der Waals surface area contributed by atoms with Crippen molar-refractivity contribution in [3.63, 3.8) is 0 Å². The van der Waals surface area contributed by atoms with Gasteiger partial charge in [-0.3, -0.25) is 4.79 Å². The van der Waals surface area contributed by atoms with Gasteiger partial charge in [-0.25, -0.2) is 0 Å². The van der Waals surface area contributed by atoms with Crippen LogP contribution in [0.15, 0.2) is 23.4 Å². The Morgan fingerprint density at radius 2 is 2.24 bits per heavy atom. The minimum absolute atomic E-state index is 0.0456. The van der Waals surface area contributed by atoms with E-state index in [9.17, 15) is 9.90 Å². The lowest BCUT2D eigenvalue weighted by atomic mass is 9.89. The summed E-state index contributed by atoms with van der Waals surface area (Å²) < 4.78 is 5.28. The second-order valence-corrected chi connectivity index (χ2v) is 6.28. The molecule has 4 atom stereocenters. The number of aliphatic hydroxyl groups is 1. The summed E-state index contributed by atoms with van der Waals surface area (Å²) in [5, 5.41) is 9.92. The van der Waals surface area contributed by atoms with Gasteiger partial charge in [0.2, 0.25) is 0 Å². The Labute approximate surface area is 125 Å². The molecule has 0 bridgehead atoms. The number of aliphatic hydroxyl groups excluding tert-OH is 1. The van der Waals surface area contributed by atoms with Crippen molar-refractivity contribution in [1.82, 2.24) is 4.90 Å². The van der Waals surface area contributed by atoms with Gasteiger partial charge in [0.05, 0.1) is 12.2 Å². The van der Waals surface area contributed by atoms with Crippen LogP contribution in [0, 0.1) is 5.92 Å². The van der Waals surface area contributed by atoms with E-state index in [0.29, 0.717) is 36.1 Å². The topological polar surface area (TPSA) is 75.8 Å². The molecule has 1 fully saturated rings. The molecule has 0 saturated carbocycles. The predicted octanol–water partition coefficient (Wildman–Crippen LogP) is 0.936.